The lowest BCUT2D eigenvalue weighted by atomic mass is 10.1. The number of nitrogens with one attached hydrogen (secondary N) is 1. The topological polar surface area (TPSA) is 32.3 Å². The first kappa shape index (κ1) is 13.7. The van der Waals surface area contributed by atoms with Gasteiger partial charge in [0.25, 0.3) is 0 Å². The van der Waals surface area contributed by atoms with Crippen molar-refractivity contribution in [3.63, 3.8) is 0 Å². The Bertz CT molecular complexity index is 364. The molecule has 0 atom stereocenters. The lowest BCUT2D eigenvalue weighted by Crippen LogP contribution is -2.33. The van der Waals surface area contributed by atoms with Crippen LogP contribution < -0.4 is 5.32 Å². The van der Waals surface area contributed by atoms with Crippen LogP contribution in [-0.2, 0) is 4.79 Å². The lowest BCUT2D eigenvalue weighted by molar-refractivity contribution is -0.117. The molecule has 0 saturated heterocycles. The minimum atomic E-state index is 0.0612. The number of aryl methyl sites for hydroxylation is 2. The molecular weight excluding hydrogens is 214 g/mol. The molecule has 0 aliphatic heterocycles. The molecule has 1 rings (SSSR count). The third-order valence-corrected chi connectivity index (χ3v) is 3.01. The summed E-state index contributed by atoms with van der Waals surface area (Å²) in [6.45, 7) is 10.4. The Balaban J connectivity index is 2.68. The van der Waals surface area contributed by atoms with E-state index in [0.29, 0.717) is 6.54 Å². The van der Waals surface area contributed by atoms with Gasteiger partial charge in [-0.1, -0.05) is 32.0 Å². The number of amides is 1. The van der Waals surface area contributed by atoms with E-state index >= 15 is 0 Å². The van der Waals surface area contributed by atoms with Crippen LogP contribution in [0.3, 0.4) is 0 Å². The lowest BCUT2D eigenvalue weighted by Gasteiger charge is -2.18. The van der Waals surface area contributed by atoms with Crippen molar-refractivity contribution >= 4 is 11.6 Å². The van der Waals surface area contributed by atoms with Crippen LogP contribution in [0.5, 0.6) is 0 Å². The zero-order chi connectivity index (χ0) is 12.8. The predicted molar refractivity (Wildman–Crippen MR) is 72.3 cm³/mol. The molecule has 0 radical (unpaired) electrons. The Labute approximate surface area is 104 Å². The largest absolute Gasteiger partial charge is 0.324 e. The molecule has 0 saturated carbocycles. The van der Waals surface area contributed by atoms with Crippen molar-refractivity contribution in [3.05, 3.63) is 29.3 Å². The standard InChI is InChI=1S/C14H22N2O/c1-5-16(6-2)10-13(17)15-14-11(3)8-7-9-12(14)4/h7-9H,5-6,10H2,1-4H3,(H,15,17)/i13+2. The molecule has 1 N–H and O–H groups in total. The summed E-state index contributed by atoms with van der Waals surface area (Å²) in [5, 5.41) is 3.00. The van der Waals surface area contributed by atoms with Crippen LogP contribution in [-0.4, -0.2) is 30.4 Å². The van der Waals surface area contributed by atoms with Crippen LogP contribution in [0, 0.1) is 13.8 Å². The van der Waals surface area contributed by atoms with Crippen LogP contribution in [0.15, 0.2) is 18.2 Å². The Morgan fingerprint density at radius 1 is 1.18 bits per heavy atom. The first-order valence-electron chi connectivity index (χ1n) is 6.16. The van der Waals surface area contributed by atoms with Gasteiger partial charge in [0.15, 0.2) is 0 Å². The van der Waals surface area contributed by atoms with E-state index in [2.05, 4.69) is 24.1 Å². The van der Waals surface area contributed by atoms with Crippen LogP contribution >= 0.6 is 0 Å². The Morgan fingerprint density at radius 3 is 2.18 bits per heavy atom. The quantitative estimate of drug-likeness (QED) is 0.852. The highest BCUT2D eigenvalue weighted by Gasteiger charge is 2.09. The minimum absolute atomic E-state index is 0.0612. The number of carbonyl (C=O) groups excluding carboxylic acids is 1. The summed E-state index contributed by atoms with van der Waals surface area (Å²) >= 11 is 0. The van der Waals surface area contributed by atoms with Gasteiger partial charge < -0.3 is 5.32 Å². The van der Waals surface area contributed by atoms with Crippen molar-refractivity contribution in [3.8, 4) is 0 Å². The van der Waals surface area contributed by atoms with E-state index in [-0.39, 0.29) is 5.91 Å². The summed E-state index contributed by atoms with van der Waals surface area (Å²) in [6.07, 6.45) is 0. The van der Waals surface area contributed by atoms with Gasteiger partial charge in [-0.2, -0.15) is 0 Å². The van der Waals surface area contributed by atoms with Gasteiger partial charge in [-0.15, -0.1) is 0 Å². The minimum Gasteiger partial charge on any atom is -0.324 e. The molecule has 1 aromatic rings. The van der Waals surface area contributed by atoms with Crippen LogP contribution in [0.1, 0.15) is 25.0 Å². The number of hydrogen-bond donors (Lipinski definition) is 1. The SMILES string of the molecule is CCN(CC)C[14C](=O)Nc1c(C)cccc1C. The van der Waals surface area contributed by atoms with E-state index in [0.717, 1.165) is 29.9 Å². The number of anilines is 1. The average Bonchev–Trinajstić information content (AvgIpc) is 2.31. The fraction of sp³-hybridized carbons (Fsp3) is 0.500. The van der Waals surface area contributed by atoms with E-state index in [1.807, 2.05) is 32.0 Å². The van der Waals surface area contributed by atoms with Gasteiger partial charge >= 0.3 is 0 Å². The van der Waals surface area contributed by atoms with Crippen molar-refractivity contribution in [1.29, 1.82) is 0 Å². The normalized spacial score (nSPS) is 10.6. The first-order chi connectivity index (χ1) is 8.08. The Hall–Kier alpha value is -1.35. The summed E-state index contributed by atoms with van der Waals surface area (Å²) in [4.78, 5) is 14.0. The summed E-state index contributed by atoms with van der Waals surface area (Å²) < 4.78 is 0. The monoisotopic (exact) mass is 236 g/mol. The van der Waals surface area contributed by atoms with Crippen molar-refractivity contribution in [1.82, 2.24) is 4.90 Å². The fourth-order valence-corrected chi connectivity index (χ4v) is 1.84. The number of likely N-dealkylation sites (N-methyl/N-ethyl adjacent to an activating group) is 1. The molecule has 1 amide bonds. The van der Waals surface area contributed by atoms with Gasteiger partial charge in [0.1, 0.15) is 0 Å². The molecule has 1 aromatic carbocycles. The third kappa shape index (κ3) is 3.86. The number of para-hydroxylation sites is 1. The molecule has 94 valence electrons. The van der Waals surface area contributed by atoms with Crippen molar-refractivity contribution in [2.45, 2.75) is 27.7 Å². The molecule has 3 heteroatoms. The number of nitrogens with zero attached hydrogens (tertiary/aromatic N) is 1. The molecule has 0 heterocycles. The number of rotatable bonds is 5. The molecule has 3 nitrogen and oxygen atoms in total. The highest BCUT2D eigenvalue weighted by Crippen LogP contribution is 2.19. The zero-order valence-corrected chi connectivity index (χ0v) is 11.2. The van der Waals surface area contributed by atoms with E-state index in [1.54, 1.807) is 0 Å². The van der Waals surface area contributed by atoms with Crippen LogP contribution in [0.2, 0.25) is 0 Å². The number of benzene rings is 1. The third-order valence-electron chi connectivity index (χ3n) is 3.01. The number of hydrogen-bond acceptors (Lipinski definition) is 2. The van der Waals surface area contributed by atoms with Crippen LogP contribution in [0.25, 0.3) is 0 Å². The van der Waals surface area contributed by atoms with Gasteiger partial charge in [-0.3, -0.25) is 9.69 Å². The maximum absolute atomic E-state index is 11.9. The molecule has 0 aromatic heterocycles. The predicted octanol–water partition coefficient (Wildman–Crippen LogP) is 2.58. The summed E-state index contributed by atoms with van der Waals surface area (Å²) in [5.74, 6) is 0.0612. The molecular formula is C14H22N2O. The first-order valence-corrected chi connectivity index (χ1v) is 6.16. The van der Waals surface area contributed by atoms with E-state index in [1.165, 1.54) is 0 Å². The maximum Gasteiger partial charge on any atom is 0.238 e. The van der Waals surface area contributed by atoms with E-state index < -0.39 is 0 Å². The average molecular weight is 236 g/mol. The Morgan fingerprint density at radius 2 is 1.71 bits per heavy atom. The van der Waals surface area contributed by atoms with Gasteiger partial charge in [0.2, 0.25) is 5.91 Å². The molecule has 17 heavy (non-hydrogen) atoms. The van der Waals surface area contributed by atoms with Crippen molar-refractivity contribution in [2.24, 2.45) is 0 Å². The van der Waals surface area contributed by atoms with Crippen molar-refractivity contribution < 1.29 is 4.79 Å². The highest BCUT2D eigenvalue weighted by molar-refractivity contribution is 5.93. The molecule has 0 fully saturated rings. The molecule has 0 aliphatic carbocycles. The van der Waals surface area contributed by atoms with Gasteiger partial charge in [0.05, 0.1) is 6.54 Å². The second-order valence-electron chi connectivity index (χ2n) is 4.28. The van der Waals surface area contributed by atoms with E-state index in [9.17, 15) is 4.79 Å². The zero-order valence-electron chi connectivity index (χ0n) is 11.2. The second-order valence-corrected chi connectivity index (χ2v) is 4.28. The summed E-state index contributed by atoms with van der Waals surface area (Å²) in [6, 6.07) is 6.03. The smallest absolute Gasteiger partial charge is 0.238 e. The highest BCUT2D eigenvalue weighted by atomic mass is 16.3. The molecule has 0 unspecified atom stereocenters. The van der Waals surface area contributed by atoms with Gasteiger partial charge in [-0.25, -0.2) is 0 Å². The molecule has 0 bridgehead atoms. The molecule has 0 aliphatic rings. The Kier molecular flexibility index (Phi) is 5.16. The van der Waals surface area contributed by atoms with Gasteiger partial charge in [0, 0.05) is 5.69 Å². The van der Waals surface area contributed by atoms with E-state index in [4.69, 9.17) is 0 Å². The summed E-state index contributed by atoms with van der Waals surface area (Å²) in [7, 11) is 0. The second kappa shape index (κ2) is 6.40. The molecule has 0 spiro atoms. The van der Waals surface area contributed by atoms with Crippen LogP contribution in [0.4, 0.5) is 5.69 Å². The maximum atomic E-state index is 11.9. The van der Waals surface area contributed by atoms with Crippen molar-refractivity contribution in [2.75, 3.05) is 25.0 Å². The summed E-state index contributed by atoms with van der Waals surface area (Å²) in [5.41, 5.74) is 3.17. The fourth-order valence-electron chi connectivity index (χ4n) is 1.84. The van der Waals surface area contributed by atoms with Gasteiger partial charge in [-0.05, 0) is 38.1 Å². The number of carbonyl (C=O) groups is 1.